The van der Waals surface area contributed by atoms with Gasteiger partial charge in [-0.25, -0.2) is 9.18 Å². The van der Waals surface area contributed by atoms with Gasteiger partial charge in [0.15, 0.2) is 18.9 Å². The summed E-state index contributed by atoms with van der Waals surface area (Å²) >= 11 is 0. The number of aromatic nitrogens is 4. The van der Waals surface area contributed by atoms with Crippen molar-refractivity contribution < 1.29 is 18.7 Å². The molecule has 0 saturated carbocycles. The average Bonchev–Trinajstić information content (AvgIpc) is 3.09. The fourth-order valence-electron chi connectivity index (χ4n) is 2.04. The SMILES string of the molecule is O=C(Cn1nnc(-c2ccccc2)n1)OCC(=O)c1ccc(F)cc1. The van der Waals surface area contributed by atoms with Gasteiger partial charge < -0.3 is 4.74 Å². The normalized spacial score (nSPS) is 10.4. The van der Waals surface area contributed by atoms with Gasteiger partial charge in [0.2, 0.25) is 5.82 Å². The molecule has 0 amide bonds. The van der Waals surface area contributed by atoms with E-state index in [1.54, 1.807) is 0 Å². The average molecular weight is 340 g/mol. The number of nitrogens with zero attached hydrogens (tertiary/aromatic N) is 4. The Hall–Kier alpha value is -3.42. The molecule has 8 heteroatoms. The Balaban J connectivity index is 1.54. The molecule has 2 aromatic carbocycles. The Morgan fingerprint density at radius 1 is 1.04 bits per heavy atom. The van der Waals surface area contributed by atoms with Crippen molar-refractivity contribution in [3.63, 3.8) is 0 Å². The van der Waals surface area contributed by atoms with Gasteiger partial charge in [-0.15, -0.1) is 10.2 Å². The lowest BCUT2D eigenvalue weighted by Crippen LogP contribution is -2.19. The predicted molar refractivity (Wildman–Crippen MR) is 84.9 cm³/mol. The molecule has 0 aliphatic carbocycles. The number of ether oxygens (including phenoxy) is 1. The maximum atomic E-state index is 12.8. The van der Waals surface area contributed by atoms with Crippen molar-refractivity contribution in [2.24, 2.45) is 0 Å². The van der Waals surface area contributed by atoms with Gasteiger partial charge in [-0.3, -0.25) is 4.79 Å². The molecule has 126 valence electrons. The van der Waals surface area contributed by atoms with Gasteiger partial charge in [0.05, 0.1) is 0 Å². The highest BCUT2D eigenvalue weighted by Gasteiger charge is 2.13. The predicted octanol–water partition coefficient (Wildman–Crippen LogP) is 1.91. The minimum Gasteiger partial charge on any atom is -0.456 e. The first kappa shape index (κ1) is 16.4. The molecule has 0 aliphatic rings. The van der Waals surface area contributed by atoms with E-state index >= 15 is 0 Å². The van der Waals surface area contributed by atoms with E-state index in [1.165, 1.54) is 24.3 Å². The first-order chi connectivity index (χ1) is 12.1. The Morgan fingerprint density at radius 2 is 1.76 bits per heavy atom. The standard InChI is InChI=1S/C17H13FN4O3/c18-14-8-6-12(7-9-14)15(23)11-25-16(24)10-22-20-17(19-21-22)13-4-2-1-3-5-13/h1-9H,10-11H2. The number of Topliss-reactive ketones (excluding diaryl/α,β-unsaturated/α-hetero) is 1. The van der Waals surface area contributed by atoms with Gasteiger partial charge >= 0.3 is 5.97 Å². The van der Waals surface area contributed by atoms with Crippen molar-refractivity contribution in [3.05, 3.63) is 66.0 Å². The van der Waals surface area contributed by atoms with Crippen LogP contribution >= 0.6 is 0 Å². The largest absolute Gasteiger partial charge is 0.456 e. The van der Waals surface area contributed by atoms with Crippen LogP contribution in [-0.4, -0.2) is 38.6 Å². The Labute approximate surface area is 142 Å². The van der Waals surface area contributed by atoms with E-state index in [4.69, 9.17) is 4.74 Å². The van der Waals surface area contributed by atoms with Crippen molar-refractivity contribution >= 4 is 11.8 Å². The van der Waals surface area contributed by atoms with E-state index in [0.29, 0.717) is 5.82 Å². The maximum Gasteiger partial charge on any atom is 0.330 e. The van der Waals surface area contributed by atoms with Crippen molar-refractivity contribution in [2.75, 3.05) is 6.61 Å². The summed E-state index contributed by atoms with van der Waals surface area (Å²) in [5.41, 5.74) is 1.04. The first-order valence-electron chi connectivity index (χ1n) is 7.39. The summed E-state index contributed by atoms with van der Waals surface area (Å²) in [5.74, 6) is -1.16. The number of halogens is 1. The van der Waals surface area contributed by atoms with Crippen LogP contribution < -0.4 is 0 Å². The number of hydrogen-bond acceptors (Lipinski definition) is 6. The quantitative estimate of drug-likeness (QED) is 0.503. The van der Waals surface area contributed by atoms with E-state index in [1.807, 2.05) is 30.3 Å². The number of benzene rings is 2. The van der Waals surface area contributed by atoms with Gasteiger partial charge in [-0.1, -0.05) is 30.3 Å². The summed E-state index contributed by atoms with van der Waals surface area (Å²) in [6.45, 7) is -0.707. The zero-order valence-corrected chi connectivity index (χ0v) is 13.0. The number of rotatable bonds is 6. The summed E-state index contributed by atoms with van der Waals surface area (Å²) < 4.78 is 17.7. The van der Waals surface area contributed by atoms with Crippen LogP contribution in [0.3, 0.4) is 0 Å². The summed E-state index contributed by atoms with van der Waals surface area (Å²) in [6, 6.07) is 14.2. The lowest BCUT2D eigenvalue weighted by molar-refractivity contribution is -0.143. The molecule has 0 saturated heterocycles. The highest BCUT2D eigenvalue weighted by atomic mass is 19.1. The Morgan fingerprint density at radius 3 is 2.48 bits per heavy atom. The van der Waals surface area contributed by atoms with Crippen molar-refractivity contribution in [1.29, 1.82) is 0 Å². The summed E-state index contributed by atoms with van der Waals surface area (Å²) in [5, 5.41) is 11.7. The number of carbonyl (C=O) groups excluding carboxylic acids is 2. The van der Waals surface area contributed by atoms with E-state index in [2.05, 4.69) is 15.4 Å². The molecule has 0 atom stereocenters. The first-order valence-corrected chi connectivity index (χ1v) is 7.39. The number of tetrazole rings is 1. The third-order valence-electron chi connectivity index (χ3n) is 3.29. The number of hydrogen-bond donors (Lipinski definition) is 0. The van der Waals surface area contributed by atoms with Crippen LogP contribution in [0.5, 0.6) is 0 Å². The molecule has 0 spiro atoms. The third kappa shape index (κ3) is 4.31. The maximum absolute atomic E-state index is 12.8. The fraction of sp³-hybridized carbons (Fsp3) is 0.118. The second-order valence-electron chi connectivity index (χ2n) is 5.10. The molecule has 0 radical (unpaired) electrons. The topological polar surface area (TPSA) is 87.0 Å². The third-order valence-corrected chi connectivity index (χ3v) is 3.29. The summed E-state index contributed by atoms with van der Waals surface area (Å²) in [7, 11) is 0. The highest BCUT2D eigenvalue weighted by molar-refractivity contribution is 5.97. The van der Waals surface area contributed by atoms with Gasteiger partial charge in [-0.05, 0) is 29.5 Å². The van der Waals surface area contributed by atoms with E-state index in [-0.39, 0.29) is 12.1 Å². The Kier molecular flexibility index (Phi) is 4.89. The van der Waals surface area contributed by atoms with Crippen LogP contribution in [0.2, 0.25) is 0 Å². The zero-order valence-electron chi connectivity index (χ0n) is 13.0. The van der Waals surface area contributed by atoms with Crippen LogP contribution in [0.4, 0.5) is 4.39 Å². The summed E-state index contributed by atoms with van der Waals surface area (Å²) in [6.07, 6.45) is 0. The van der Waals surface area contributed by atoms with Crippen molar-refractivity contribution in [2.45, 2.75) is 6.54 Å². The number of esters is 1. The molecule has 0 aliphatic heterocycles. The monoisotopic (exact) mass is 340 g/mol. The number of carbonyl (C=O) groups is 2. The van der Waals surface area contributed by atoms with Crippen LogP contribution in [-0.2, 0) is 16.1 Å². The lowest BCUT2D eigenvalue weighted by Gasteiger charge is -2.03. The molecular formula is C17H13FN4O3. The van der Waals surface area contributed by atoms with Crippen LogP contribution in [0.15, 0.2) is 54.6 Å². The minimum atomic E-state index is -0.674. The van der Waals surface area contributed by atoms with Crippen LogP contribution in [0, 0.1) is 5.82 Å². The van der Waals surface area contributed by atoms with Gasteiger partial charge in [0, 0.05) is 11.1 Å². The smallest absolute Gasteiger partial charge is 0.330 e. The second kappa shape index (κ2) is 7.43. The van der Waals surface area contributed by atoms with Crippen molar-refractivity contribution in [3.8, 4) is 11.4 Å². The van der Waals surface area contributed by atoms with Gasteiger partial charge in [0.1, 0.15) is 5.82 Å². The van der Waals surface area contributed by atoms with E-state index < -0.39 is 24.2 Å². The Bertz CT molecular complexity index is 878. The van der Waals surface area contributed by atoms with Gasteiger partial charge in [0.25, 0.3) is 0 Å². The molecule has 25 heavy (non-hydrogen) atoms. The molecule has 1 heterocycles. The minimum absolute atomic E-state index is 0.263. The number of ketones is 1. The van der Waals surface area contributed by atoms with Crippen LogP contribution in [0.25, 0.3) is 11.4 Å². The van der Waals surface area contributed by atoms with Gasteiger partial charge in [-0.2, -0.15) is 4.80 Å². The lowest BCUT2D eigenvalue weighted by atomic mass is 10.1. The van der Waals surface area contributed by atoms with Crippen molar-refractivity contribution in [1.82, 2.24) is 20.2 Å². The molecule has 0 unspecified atom stereocenters. The molecule has 0 N–H and O–H groups in total. The van der Waals surface area contributed by atoms with Crippen LogP contribution in [0.1, 0.15) is 10.4 Å². The molecule has 3 rings (SSSR count). The fourth-order valence-corrected chi connectivity index (χ4v) is 2.04. The summed E-state index contributed by atoms with van der Waals surface area (Å²) in [4.78, 5) is 24.7. The molecule has 3 aromatic rings. The van der Waals surface area contributed by atoms with E-state index in [0.717, 1.165) is 10.4 Å². The molecule has 0 fully saturated rings. The molecule has 0 bridgehead atoms. The second-order valence-corrected chi connectivity index (χ2v) is 5.10. The zero-order chi connectivity index (χ0) is 17.6. The molecule has 7 nitrogen and oxygen atoms in total. The molecule has 1 aromatic heterocycles. The molecular weight excluding hydrogens is 327 g/mol. The van der Waals surface area contributed by atoms with E-state index in [9.17, 15) is 14.0 Å². The highest BCUT2D eigenvalue weighted by Crippen LogP contribution is 2.11.